The van der Waals surface area contributed by atoms with Crippen LogP contribution in [0.1, 0.15) is 24.8 Å². The smallest absolute Gasteiger partial charge is 0.207 e. The Morgan fingerprint density at radius 2 is 1.37 bits per heavy atom. The first-order valence-electron chi connectivity index (χ1n) is 8.63. The molecule has 9 heteroatoms. The maximum atomic E-state index is 12.9. The van der Waals surface area contributed by atoms with Crippen LogP contribution in [-0.2, 0) is 26.6 Å². The van der Waals surface area contributed by atoms with Crippen LogP contribution in [0.2, 0.25) is 0 Å². The first kappa shape index (κ1) is 19.9. The van der Waals surface area contributed by atoms with Gasteiger partial charge in [-0.05, 0) is 54.8 Å². The minimum atomic E-state index is -3.77. The molecular weight excluding hydrogens is 391 g/mol. The van der Waals surface area contributed by atoms with Gasteiger partial charge < -0.3 is 0 Å². The van der Waals surface area contributed by atoms with Crippen LogP contribution < -0.4 is 4.72 Å². The van der Waals surface area contributed by atoms with Crippen LogP contribution in [0.25, 0.3) is 0 Å². The van der Waals surface area contributed by atoms with Gasteiger partial charge in [-0.1, -0.05) is 18.6 Å². The van der Waals surface area contributed by atoms with Crippen molar-refractivity contribution >= 4 is 20.0 Å². The van der Waals surface area contributed by atoms with Gasteiger partial charge in [0.15, 0.2) is 0 Å². The number of hydrogen-bond donors (Lipinski definition) is 1. The number of nitrogens with one attached hydrogen (secondary N) is 1. The highest BCUT2D eigenvalue weighted by atomic mass is 32.2. The van der Waals surface area contributed by atoms with Gasteiger partial charge in [0.25, 0.3) is 0 Å². The second-order valence-corrected chi connectivity index (χ2v) is 10.1. The summed E-state index contributed by atoms with van der Waals surface area (Å²) < 4.78 is 66.5. The average molecular weight is 413 g/mol. The highest BCUT2D eigenvalue weighted by molar-refractivity contribution is 7.89. The van der Waals surface area contributed by atoms with Crippen LogP contribution in [0.15, 0.2) is 58.3 Å². The van der Waals surface area contributed by atoms with Gasteiger partial charge in [-0.25, -0.2) is 25.9 Å². The van der Waals surface area contributed by atoms with Crippen molar-refractivity contribution in [3.05, 3.63) is 59.9 Å². The Morgan fingerprint density at radius 3 is 1.96 bits per heavy atom. The van der Waals surface area contributed by atoms with Crippen molar-refractivity contribution in [1.29, 1.82) is 0 Å². The van der Waals surface area contributed by atoms with Crippen molar-refractivity contribution in [3.63, 3.8) is 0 Å². The fourth-order valence-corrected chi connectivity index (χ4v) is 5.44. The maximum absolute atomic E-state index is 12.9. The van der Waals surface area contributed by atoms with E-state index in [9.17, 15) is 21.2 Å². The summed E-state index contributed by atoms with van der Waals surface area (Å²) in [5, 5.41) is 0. The molecule has 0 bridgehead atoms. The Bertz CT molecular complexity index is 983. The van der Waals surface area contributed by atoms with E-state index in [0.717, 1.165) is 31.4 Å². The molecule has 1 fully saturated rings. The van der Waals surface area contributed by atoms with Crippen molar-refractivity contribution in [3.8, 4) is 0 Å². The van der Waals surface area contributed by atoms with Crippen LogP contribution in [0.3, 0.4) is 0 Å². The Morgan fingerprint density at radius 1 is 0.815 bits per heavy atom. The van der Waals surface area contributed by atoms with E-state index < -0.39 is 25.9 Å². The number of halogens is 1. The van der Waals surface area contributed by atoms with Gasteiger partial charge in [-0.15, -0.1) is 0 Å². The molecule has 0 aromatic heterocycles. The summed E-state index contributed by atoms with van der Waals surface area (Å²) in [6.45, 7) is 1.06. The molecule has 146 valence electrons. The fourth-order valence-electron chi connectivity index (χ4n) is 2.91. The third kappa shape index (κ3) is 4.73. The van der Waals surface area contributed by atoms with Gasteiger partial charge >= 0.3 is 0 Å². The summed E-state index contributed by atoms with van der Waals surface area (Å²) in [5.41, 5.74) is 0.623. The van der Waals surface area contributed by atoms with Crippen LogP contribution in [0.5, 0.6) is 0 Å². The van der Waals surface area contributed by atoms with E-state index in [1.54, 1.807) is 12.1 Å². The Kier molecular flexibility index (Phi) is 5.95. The zero-order valence-corrected chi connectivity index (χ0v) is 16.3. The van der Waals surface area contributed by atoms with Crippen LogP contribution in [0, 0.1) is 5.82 Å². The minimum absolute atomic E-state index is 0.00372. The van der Waals surface area contributed by atoms with Gasteiger partial charge in [0, 0.05) is 19.6 Å². The van der Waals surface area contributed by atoms with Crippen LogP contribution >= 0.6 is 0 Å². The zero-order valence-electron chi connectivity index (χ0n) is 14.6. The van der Waals surface area contributed by atoms with Gasteiger partial charge in [0.2, 0.25) is 20.0 Å². The molecule has 0 saturated carbocycles. The number of hydrogen-bond acceptors (Lipinski definition) is 4. The molecule has 6 nitrogen and oxygen atoms in total. The van der Waals surface area contributed by atoms with Gasteiger partial charge in [0.1, 0.15) is 5.82 Å². The van der Waals surface area contributed by atoms with Crippen molar-refractivity contribution in [2.24, 2.45) is 0 Å². The number of rotatable bonds is 6. The predicted octanol–water partition coefficient (Wildman–Crippen LogP) is 2.48. The maximum Gasteiger partial charge on any atom is 0.243 e. The van der Waals surface area contributed by atoms with E-state index >= 15 is 0 Å². The Labute approximate surface area is 159 Å². The number of nitrogens with zero attached hydrogens (tertiary/aromatic N) is 1. The monoisotopic (exact) mass is 412 g/mol. The molecule has 2 aromatic carbocycles. The largest absolute Gasteiger partial charge is 0.243 e. The lowest BCUT2D eigenvalue weighted by molar-refractivity contribution is 0.346. The highest BCUT2D eigenvalue weighted by Gasteiger charge is 2.25. The highest BCUT2D eigenvalue weighted by Crippen LogP contribution is 2.21. The van der Waals surface area contributed by atoms with Crippen molar-refractivity contribution in [2.75, 3.05) is 13.1 Å². The van der Waals surface area contributed by atoms with Crippen LogP contribution in [0.4, 0.5) is 4.39 Å². The number of sulfonamides is 2. The number of benzene rings is 2. The molecule has 1 heterocycles. The van der Waals surface area contributed by atoms with E-state index in [2.05, 4.69) is 4.72 Å². The molecule has 27 heavy (non-hydrogen) atoms. The third-order valence-electron chi connectivity index (χ3n) is 4.47. The molecule has 0 aliphatic carbocycles. The van der Waals surface area contributed by atoms with Gasteiger partial charge in [0.05, 0.1) is 9.79 Å². The summed E-state index contributed by atoms with van der Waals surface area (Å²) >= 11 is 0. The summed E-state index contributed by atoms with van der Waals surface area (Å²) in [6, 6.07) is 10.7. The molecule has 0 atom stereocenters. The first-order chi connectivity index (χ1) is 12.8. The number of piperidine rings is 1. The molecule has 0 radical (unpaired) electrons. The molecule has 2 aromatic rings. The SMILES string of the molecule is O=S(=O)(NCc1ccc(S(=O)(=O)N2CCCCC2)cc1)c1ccc(F)cc1. The average Bonchev–Trinajstić information content (AvgIpc) is 2.68. The summed E-state index contributed by atoms with van der Waals surface area (Å²) in [4.78, 5) is 0.169. The van der Waals surface area contributed by atoms with Gasteiger partial charge in [-0.3, -0.25) is 0 Å². The molecular formula is C18H21FN2O4S2. The molecule has 1 aliphatic heterocycles. The molecule has 0 amide bonds. The van der Waals surface area contributed by atoms with E-state index in [4.69, 9.17) is 0 Å². The molecule has 1 saturated heterocycles. The topological polar surface area (TPSA) is 83.5 Å². The quantitative estimate of drug-likeness (QED) is 0.790. The summed E-state index contributed by atoms with van der Waals surface area (Å²) in [6.07, 6.45) is 2.77. The lowest BCUT2D eigenvalue weighted by Crippen LogP contribution is -2.35. The third-order valence-corrected chi connectivity index (χ3v) is 7.80. The molecule has 1 N–H and O–H groups in total. The molecule has 0 unspecified atom stereocenters. The van der Waals surface area contributed by atoms with Crippen LogP contribution in [-0.4, -0.2) is 34.2 Å². The Hall–Kier alpha value is -1.81. The summed E-state index contributed by atoms with van der Waals surface area (Å²) in [7, 11) is -7.28. The van der Waals surface area contributed by atoms with E-state index in [-0.39, 0.29) is 16.3 Å². The second-order valence-electron chi connectivity index (χ2n) is 6.39. The van der Waals surface area contributed by atoms with Gasteiger partial charge in [-0.2, -0.15) is 4.31 Å². The first-order valence-corrected chi connectivity index (χ1v) is 11.6. The fraction of sp³-hybridized carbons (Fsp3) is 0.333. The van der Waals surface area contributed by atoms with E-state index in [0.29, 0.717) is 18.7 Å². The molecule has 3 rings (SSSR count). The predicted molar refractivity (Wildman–Crippen MR) is 99.5 cm³/mol. The van der Waals surface area contributed by atoms with Crippen molar-refractivity contribution < 1.29 is 21.2 Å². The molecule has 1 aliphatic rings. The normalized spacial score (nSPS) is 16.3. The second kappa shape index (κ2) is 8.05. The van der Waals surface area contributed by atoms with E-state index in [1.165, 1.54) is 28.6 Å². The zero-order chi connectivity index (χ0) is 19.5. The molecule has 0 spiro atoms. The Balaban J connectivity index is 1.68. The summed E-state index contributed by atoms with van der Waals surface area (Å²) in [5.74, 6) is -0.514. The van der Waals surface area contributed by atoms with Crippen molar-refractivity contribution in [1.82, 2.24) is 9.03 Å². The van der Waals surface area contributed by atoms with E-state index in [1.807, 2.05) is 0 Å². The standard InChI is InChI=1S/C18H21FN2O4S2/c19-16-6-10-17(11-7-16)26(22,23)20-14-15-4-8-18(9-5-15)27(24,25)21-12-2-1-3-13-21/h4-11,20H,1-3,12-14H2. The lowest BCUT2D eigenvalue weighted by Gasteiger charge is -2.25. The minimum Gasteiger partial charge on any atom is -0.207 e. The van der Waals surface area contributed by atoms with Crippen molar-refractivity contribution in [2.45, 2.75) is 35.6 Å². The lowest BCUT2D eigenvalue weighted by atomic mass is 10.2.